The van der Waals surface area contributed by atoms with Crippen LogP contribution in [0.1, 0.15) is 29.9 Å². The van der Waals surface area contributed by atoms with Crippen LogP contribution in [0.25, 0.3) is 21.7 Å². The van der Waals surface area contributed by atoms with E-state index in [1.807, 2.05) is 48.8 Å². The highest BCUT2D eigenvalue weighted by Crippen LogP contribution is 2.51. The highest BCUT2D eigenvalue weighted by Gasteiger charge is 2.33. The van der Waals surface area contributed by atoms with E-state index >= 15 is 0 Å². The molecule has 4 rings (SSSR count). The highest BCUT2D eigenvalue weighted by molar-refractivity contribution is 9.10. The van der Waals surface area contributed by atoms with Crippen molar-refractivity contribution in [1.82, 2.24) is 9.97 Å². The maximum absolute atomic E-state index is 9.76. The predicted molar refractivity (Wildman–Crippen MR) is 114 cm³/mol. The first-order valence-corrected chi connectivity index (χ1v) is 10.3. The molecule has 27 heavy (non-hydrogen) atoms. The predicted octanol–water partition coefficient (Wildman–Crippen LogP) is 5.03. The number of nitrogen functional groups attached to an aromatic ring is 1. The number of nitriles is 1. The SMILES string of the molecule is CN(C)c1ccc(-c2nc(N)c(C#N)c(-c3cc(Br)cs3)c2C2CC2)cn1. The number of aromatic nitrogens is 2. The number of nitrogens with two attached hydrogens (primary N) is 1. The summed E-state index contributed by atoms with van der Waals surface area (Å²) < 4.78 is 1.00. The van der Waals surface area contributed by atoms with Crippen LogP contribution in [0.5, 0.6) is 0 Å². The fraction of sp³-hybridized carbons (Fsp3) is 0.250. The third-order valence-corrected chi connectivity index (χ3v) is 6.36. The maximum atomic E-state index is 9.76. The van der Waals surface area contributed by atoms with E-state index < -0.39 is 0 Å². The second kappa shape index (κ2) is 6.95. The van der Waals surface area contributed by atoms with Crippen LogP contribution < -0.4 is 10.6 Å². The summed E-state index contributed by atoms with van der Waals surface area (Å²) in [6, 6.07) is 8.32. The molecule has 0 radical (unpaired) electrons. The van der Waals surface area contributed by atoms with Crippen LogP contribution in [0.3, 0.4) is 0 Å². The molecule has 0 unspecified atom stereocenters. The highest BCUT2D eigenvalue weighted by atomic mass is 79.9. The average molecular weight is 440 g/mol. The average Bonchev–Trinajstić information content (AvgIpc) is 3.41. The van der Waals surface area contributed by atoms with Gasteiger partial charge in [0.05, 0.1) is 5.69 Å². The van der Waals surface area contributed by atoms with Crippen LogP contribution in [-0.2, 0) is 0 Å². The smallest absolute Gasteiger partial charge is 0.142 e. The van der Waals surface area contributed by atoms with E-state index in [-0.39, 0.29) is 5.82 Å². The Kier molecular flexibility index (Phi) is 4.62. The Morgan fingerprint density at radius 2 is 2.11 bits per heavy atom. The molecule has 0 saturated heterocycles. The lowest BCUT2D eigenvalue weighted by Gasteiger charge is -2.17. The molecule has 0 aromatic carbocycles. The Bertz CT molecular complexity index is 1050. The van der Waals surface area contributed by atoms with E-state index in [9.17, 15) is 5.26 Å². The van der Waals surface area contributed by atoms with Gasteiger partial charge >= 0.3 is 0 Å². The van der Waals surface area contributed by atoms with Crippen molar-refractivity contribution in [2.75, 3.05) is 24.7 Å². The summed E-state index contributed by atoms with van der Waals surface area (Å²) in [5, 5.41) is 11.8. The summed E-state index contributed by atoms with van der Waals surface area (Å²) >= 11 is 5.13. The number of hydrogen-bond donors (Lipinski definition) is 1. The topological polar surface area (TPSA) is 78.8 Å². The van der Waals surface area contributed by atoms with Gasteiger partial charge in [0.2, 0.25) is 0 Å². The van der Waals surface area contributed by atoms with Gasteiger partial charge in [0.1, 0.15) is 23.3 Å². The van der Waals surface area contributed by atoms with E-state index in [1.54, 1.807) is 11.3 Å². The molecule has 1 saturated carbocycles. The van der Waals surface area contributed by atoms with Gasteiger partial charge in [-0.2, -0.15) is 5.26 Å². The lowest BCUT2D eigenvalue weighted by Crippen LogP contribution is -2.10. The lowest BCUT2D eigenvalue weighted by molar-refractivity contribution is 1.06. The van der Waals surface area contributed by atoms with Crippen LogP contribution in [0.15, 0.2) is 34.2 Å². The van der Waals surface area contributed by atoms with Crippen LogP contribution in [0.2, 0.25) is 0 Å². The normalized spacial score (nSPS) is 13.4. The van der Waals surface area contributed by atoms with Crippen molar-refractivity contribution in [3.8, 4) is 27.8 Å². The van der Waals surface area contributed by atoms with E-state index in [0.29, 0.717) is 11.5 Å². The maximum Gasteiger partial charge on any atom is 0.142 e. The molecular formula is C20H18BrN5S. The minimum absolute atomic E-state index is 0.271. The van der Waals surface area contributed by atoms with Crippen molar-refractivity contribution in [2.24, 2.45) is 0 Å². The first kappa shape index (κ1) is 18.0. The first-order chi connectivity index (χ1) is 13.0. The Labute approximate surface area is 170 Å². The van der Waals surface area contributed by atoms with E-state index in [4.69, 9.17) is 5.73 Å². The van der Waals surface area contributed by atoms with Crippen molar-refractivity contribution in [3.05, 3.63) is 45.4 Å². The molecule has 2 N–H and O–H groups in total. The number of thiophene rings is 1. The Hall–Kier alpha value is -2.43. The molecular weight excluding hydrogens is 422 g/mol. The molecule has 0 amide bonds. The van der Waals surface area contributed by atoms with Crippen LogP contribution in [-0.4, -0.2) is 24.1 Å². The van der Waals surface area contributed by atoms with Gasteiger partial charge in [-0.05, 0) is 58.5 Å². The molecule has 1 fully saturated rings. The summed E-state index contributed by atoms with van der Waals surface area (Å²) in [6.45, 7) is 0. The van der Waals surface area contributed by atoms with Crippen LogP contribution >= 0.6 is 27.3 Å². The molecule has 0 aliphatic heterocycles. The molecule has 0 atom stereocenters. The fourth-order valence-corrected chi connectivity index (χ4v) is 4.70. The van der Waals surface area contributed by atoms with Gasteiger partial charge in [-0.1, -0.05) is 0 Å². The molecule has 3 heterocycles. The van der Waals surface area contributed by atoms with Crippen molar-refractivity contribution >= 4 is 38.9 Å². The molecule has 0 spiro atoms. The van der Waals surface area contributed by atoms with E-state index in [1.165, 1.54) is 0 Å². The summed E-state index contributed by atoms with van der Waals surface area (Å²) in [6.07, 6.45) is 4.04. The van der Waals surface area contributed by atoms with Crippen LogP contribution in [0, 0.1) is 11.3 Å². The van der Waals surface area contributed by atoms with Crippen molar-refractivity contribution < 1.29 is 0 Å². The molecule has 1 aliphatic rings. The second-order valence-electron chi connectivity index (χ2n) is 6.82. The zero-order chi connectivity index (χ0) is 19.1. The van der Waals surface area contributed by atoms with Crippen LogP contribution in [0.4, 0.5) is 11.6 Å². The summed E-state index contributed by atoms with van der Waals surface area (Å²) in [4.78, 5) is 12.2. The Morgan fingerprint density at radius 1 is 1.33 bits per heavy atom. The first-order valence-electron chi connectivity index (χ1n) is 8.61. The number of hydrogen-bond acceptors (Lipinski definition) is 6. The van der Waals surface area contributed by atoms with Crippen molar-refractivity contribution in [1.29, 1.82) is 5.26 Å². The Balaban J connectivity index is 1.97. The Morgan fingerprint density at radius 3 is 2.63 bits per heavy atom. The number of halogens is 1. The lowest BCUT2D eigenvalue weighted by atomic mass is 9.93. The number of nitrogens with zero attached hydrogens (tertiary/aromatic N) is 4. The van der Waals surface area contributed by atoms with Gasteiger partial charge in [-0.3, -0.25) is 0 Å². The van der Waals surface area contributed by atoms with Crippen molar-refractivity contribution in [3.63, 3.8) is 0 Å². The standard InChI is InChI=1S/C20H18BrN5S/c1-26(2)16-6-5-12(9-24-16)19-17(11-3-4-11)18(14(8-22)20(23)25-19)15-7-13(21)10-27-15/h5-7,9-11H,3-4H2,1-2H3,(H2,23,25). The minimum Gasteiger partial charge on any atom is -0.383 e. The molecule has 5 nitrogen and oxygen atoms in total. The van der Waals surface area contributed by atoms with Gasteiger partial charge in [-0.25, -0.2) is 9.97 Å². The molecule has 3 aromatic rings. The molecule has 136 valence electrons. The van der Waals surface area contributed by atoms with Gasteiger partial charge < -0.3 is 10.6 Å². The second-order valence-corrected chi connectivity index (χ2v) is 8.65. The van der Waals surface area contributed by atoms with E-state index in [2.05, 4.69) is 32.0 Å². The minimum atomic E-state index is 0.271. The van der Waals surface area contributed by atoms with Crippen molar-refractivity contribution in [2.45, 2.75) is 18.8 Å². The zero-order valence-corrected chi connectivity index (χ0v) is 17.4. The molecule has 7 heteroatoms. The number of anilines is 2. The third kappa shape index (κ3) is 3.31. The number of rotatable bonds is 4. The zero-order valence-electron chi connectivity index (χ0n) is 15.0. The quantitative estimate of drug-likeness (QED) is 0.616. The third-order valence-electron chi connectivity index (χ3n) is 4.65. The number of pyridine rings is 2. The van der Waals surface area contributed by atoms with Gasteiger partial charge in [0, 0.05) is 46.1 Å². The van der Waals surface area contributed by atoms with Gasteiger partial charge in [-0.15, -0.1) is 11.3 Å². The molecule has 3 aromatic heterocycles. The summed E-state index contributed by atoms with van der Waals surface area (Å²) in [5.74, 6) is 1.56. The van der Waals surface area contributed by atoms with Gasteiger partial charge in [0.15, 0.2) is 0 Å². The summed E-state index contributed by atoms with van der Waals surface area (Å²) in [7, 11) is 3.92. The monoisotopic (exact) mass is 439 g/mol. The molecule has 0 bridgehead atoms. The van der Waals surface area contributed by atoms with E-state index in [0.717, 1.165) is 50.4 Å². The molecule has 1 aliphatic carbocycles. The summed E-state index contributed by atoms with van der Waals surface area (Å²) in [5.41, 5.74) is 10.5. The fourth-order valence-electron chi connectivity index (χ4n) is 3.21. The largest absolute Gasteiger partial charge is 0.383 e. The van der Waals surface area contributed by atoms with Gasteiger partial charge in [0.25, 0.3) is 0 Å².